The van der Waals surface area contributed by atoms with Gasteiger partial charge in [0, 0.05) is 13.1 Å². The predicted octanol–water partition coefficient (Wildman–Crippen LogP) is 2.61. The summed E-state index contributed by atoms with van der Waals surface area (Å²) in [7, 11) is 0. The van der Waals surface area contributed by atoms with Crippen molar-refractivity contribution in [1.82, 2.24) is 10.2 Å². The molecule has 1 N–H and O–H groups in total. The maximum atomic E-state index is 12.5. The van der Waals surface area contributed by atoms with E-state index in [1.807, 2.05) is 19.1 Å². The molecule has 0 atom stereocenters. The Bertz CT molecular complexity index is 825. The summed E-state index contributed by atoms with van der Waals surface area (Å²) in [6.45, 7) is 7.25. The summed E-state index contributed by atoms with van der Waals surface area (Å²) in [5.41, 5.74) is 2.81. The van der Waals surface area contributed by atoms with Gasteiger partial charge in [0.05, 0.1) is 18.7 Å². The van der Waals surface area contributed by atoms with Gasteiger partial charge in [-0.25, -0.2) is 0 Å². The monoisotopic (exact) mass is 356 g/mol. The SMILES string of the molecule is CCOc1ccc2c(c1)CN(C(=O)CNC(=O)c1cc(C)oc1C)CC2. The molecule has 1 aliphatic rings. The fraction of sp³-hybridized carbons (Fsp3) is 0.400. The van der Waals surface area contributed by atoms with Crippen LogP contribution in [0.3, 0.4) is 0 Å². The average Bonchev–Trinajstić information content (AvgIpc) is 2.97. The van der Waals surface area contributed by atoms with Gasteiger partial charge in [0.15, 0.2) is 0 Å². The van der Waals surface area contributed by atoms with Crippen molar-refractivity contribution in [2.24, 2.45) is 0 Å². The number of nitrogens with zero attached hydrogens (tertiary/aromatic N) is 1. The van der Waals surface area contributed by atoms with Crippen LogP contribution in [-0.2, 0) is 17.8 Å². The van der Waals surface area contributed by atoms with Crippen LogP contribution in [0.15, 0.2) is 28.7 Å². The van der Waals surface area contributed by atoms with Gasteiger partial charge in [-0.15, -0.1) is 0 Å². The van der Waals surface area contributed by atoms with Gasteiger partial charge in [0.2, 0.25) is 5.91 Å². The number of fused-ring (bicyclic) bond motifs is 1. The van der Waals surface area contributed by atoms with Crippen LogP contribution in [-0.4, -0.2) is 36.4 Å². The Labute approximate surface area is 153 Å². The first-order valence-electron chi connectivity index (χ1n) is 8.85. The third-order valence-electron chi connectivity index (χ3n) is 4.54. The second-order valence-electron chi connectivity index (χ2n) is 6.44. The Morgan fingerprint density at radius 2 is 2.04 bits per heavy atom. The average molecular weight is 356 g/mol. The fourth-order valence-corrected chi connectivity index (χ4v) is 3.22. The van der Waals surface area contributed by atoms with Crippen LogP contribution in [0, 0.1) is 13.8 Å². The second kappa shape index (κ2) is 7.64. The van der Waals surface area contributed by atoms with Crippen LogP contribution in [0.25, 0.3) is 0 Å². The zero-order valence-electron chi connectivity index (χ0n) is 15.4. The molecule has 0 saturated heterocycles. The van der Waals surface area contributed by atoms with Gasteiger partial charge < -0.3 is 19.4 Å². The summed E-state index contributed by atoms with van der Waals surface area (Å²) in [4.78, 5) is 26.5. The molecule has 138 valence electrons. The molecule has 0 spiro atoms. The minimum atomic E-state index is -0.288. The van der Waals surface area contributed by atoms with Crippen LogP contribution in [0.2, 0.25) is 0 Å². The Kier molecular flexibility index (Phi) is 5.30. The number of hydrogen-bond acceptors (Lipinski definition) is 4. The first-order chi connectivity index (χ1) is 12.5. The van der Waals surface area contributed by atoms with Gasteiger partial charge in [0.25, 0.3) is 5.91 Å². The molecule has 6 heteroatoms. The largest absolute Gasteiger partial charge is 0.494 e. The molecule has 2 amide bonds. The minimum absolute atomic E-state index is 0.0248. The van der Waals surface area contributed by atoms with Crippen molar-refractivity contribution >= 4 is 11.8 Å². The number of amides is 2. The van der Waals surface area contributed by atoms with Crippen molar-refractivity contribution < 1.29 is 18.7 Å². The van der Waals surface area contributed by atoms with Crippen molar-refractivity contribution in [3.63, 3.8) is 0 Å². The number of aryl methyl sites for hydroxylation is 2. The number of nitrogens with one attached hydrogen (secondary N) is 1. The highest BCUT2D eigenvalue weighted by atomic mass is 16.5. The standard InChI is InChI=1S/C20H24N2O4/c1-4-25-17-6-5-15-7-8-22(12-16(15)10-17)19(23)11-21-20(24)18-9-13(2)26-14(18)3/h5-6,9-10H,4,7-8,11-12H2,1-3H3,(H,21,24). The van der Waals surface area contributed by atoms with Crippen LogP contribution < -0.4 is 10.1 Å². The van der Waals surface area contributed by atoms with Gasteiger partial charge in [-0.1, -0.05) is 6.07 Å². The smallest absolute Gasteiger partial charge is 0.255 e. The molecule has 1 aliphatic heterocycles. The number of hydrogen-bond donors (Lipinski definition) is 1. The molecule has 3 rings (SSSR count). The molecular formula is C20H24N2O4. The van der Waals surface area contributed by atoms with Crippen molar-refractivity contribution in [2.45, 2.75) is 33.7 Å². The zero-order chi connectivity index (χ0) is 18.7. The van der Waals surface area contributed by atoms with E-state index in [2.05, 4.69) is 11.4 Å². The molecule has 1 aromatic carbocycles. The minimum Gasteiger partial charge on any atom is -0.494 e. The molecule has 2 aromatic rings. The van der Waals surface area contributed by atoms with E-state index in [0.29, 0.717) is 36.8 Å². The van der Waals surface area contributed by atoms with Crippen molar-refractivity contribution in [3.05, 3.63) is 52.5 Å². The van der Waals surface area contributed by atoms with Crippen LogP contribution >= 0.6 is 0 Å². The number of furan rings is 1. The van der Waals surface area contributed by atoms with E-state index < -0.39 is 0 Å². The Morgan fingerprint density at radius 3 is 2.73 bits per heavy atom. The molecule has 0 unspecified atom stereocenters. The summed E-state index contributed by atoms with van der Waals surface area (Å²) in [6, 6.07) is 7.71. The lowest BCUT2D eigenvalue weighted by Gasteiger charge is -2.29. The van der Waals surface area contributed by atoms with Gasteiger partial charge in [-0.05, 0) is 56.5 Å². The summed E-state index contributed by atoms with van der Waals surface area (Å²) in [5, 5.41) is 2.69. The molecule has 0 bridgehead atoms. The van der Waals surface area contributed by atoms with Gasteiger partial charge in [-0.3, -0.25) is 9.59 Å². The van der Waals surface area contributed by atoms with E-state index >= 15 is 0 Å². The topological polar surface area (TPSA) is 71.8 Å². The highest BCUT2D eigenvalue weighted by molar-refractivity contribution is 5.97. The second-order valence-corrected chi connectivity index (χ2v) is 6.44. The highest BCUT2D eigenvalue weighted by Crippen LogP contribution is 2.24. The van der Waals surface area contributed by atoms with E-state index in [0.717, 1.165) is 17.7 Å². The molecule has 0 fully saturated rings. The summed E-state index contributed by atoms with van der Waals surface area (Å²) in [6.07, 6.45) is 0.807. The summed E-state index contributed by atoms with van der Waals surface area (Å²) in [5.74, 6) is 1.67. The maximum absolute atomic E-state index is 12.5. The molecule has 2 heterocycles. The van der Waals surface area contributed by atoms with E-state index in [1.54, 1.807) is 24.8 Å². The van der Waals surface area contributed by atoms with E-state index in [1.165, 1.54) is 5.56 Å². The van der Waals surface area contributed by atoms with Crippen molar-refractivity contribution in [1.29, 1.82) is 0 Å². The third-order valence-corrected chi connectivity index (χ3v) is 4.54. The number of benzene rings is 1. The van der Waals surface area contributed by atoms with Crippen molar-refractivity contribution in [2.75, 3.05) is 19.7 Å². The van der Waals surface area contributed by atoms with Crippen LogP contribution in [0.5, 0.6) is 5.75 Å². The van der Waals surface area contributed by atoms with Gasteiger partial charge >= 0.3 is 0 Å². The summed E-state index contributed by atoms with van der Waals surface area (Å²) < 4.78 is 10.9. The normalized spacial score (nSPS) is 13.3. The Balaban J connectivity index is 1.60. The molecule has 0 radical (unpaired) electrons. The molecular weight excluding hydrogens is 332 g/mol. The van der Waals surface area contributed by atoms with E-state index in [9.17, 15) is 9.59 Å². The molecule has 0 aliphatic carbocycles. The molecule has 1 aromatic heterocycles. The number of carbonyl (C=O) groups is 2. The lowest BCUT2D eigenvalue weighted by atomic mass is 9.99. The molecule has 26 heavy (non-hydrogen) atoms. The lowest BCUT2D eigenvalue weighted by Crippen LogP contribution is -2.42. The zero-order valence-corrected chi connectivity index (χ0v) is 15.4. The van der Waals surface area contributed by atoms with Crippen molar-refractivity contribution in [3.8, 4) is 5.75 Å². The van der Waals surface area contributed by atoms with E-state index in [4.69, 9.17) is 9.15 Å². The maximum Gasteiger partial charge on any atom is 0.255 e. The van der Waals surface area contributed by atoms with Crippen LogP contribution in [0.1, 0.15) is 39.9 Å². The quantitative estimate of drug-likeness (QED) is 0.894. The predicted molar refractivity (Wildman–Crippen MR) is 97.2 cm³/mol. The molecule has 6 nitrogen and oxygen atoms in total. The van der Waals surface area contributed by atoms with Gasteiger partial charge in [0.1, 0.15) is 17.3 Å². The summed E-state index contributed by atoms with van der Waals surface area (Å²) >= 11 is 0. The Morgan fingerprint density at radius 1 is 1.23 bits per heavy atom. The first kappa shape index (κ1) is 18.0. The van der Waals surface area contributed by atoms with Crippen LogP contribution in [0.4, 0.5) is 0 Å². The number of carbonyl (C=O) groups excluding carboxylic acids is 2. The number of ether oxygens (including phenoxy) is 1. The van der Waals surface area contributed by atoms with Gasteiger partial charge in [-0.2, -0.15) is 0 Å². The number of rotatable bonds is 5. The fourth-order valence-electron chi connectivity index (χ4n) is 3.22. The molecule has 0 saturated carbocycles. The van der Waals surface area contributed by atoms with E-state index in [-0.39, 0.29) is 18.4 Å². The Hall–Kier alpha value is -2.76. The highest BCUT2D eigenvalue weighted by Gasteiger charge is 2.22. The third kappa shape index (κ3) is 3.90. The first-order valence-corrected chi connectivity index (χ1v) is 8.85. The lowest BCUT2D eigenvalue weighted by molar-refractivity contribution is -0.131.